The highest BCUT2D eigenvalue weighted by Crippen LogP contribution is 2.44. The van der Waals surface area contributed by atoms with Crippen molar-refractivity contribution in [3.8, 4) is 0 Å². The molecule has 3 amide bonds. The molecular formula is C37H39N3O5S3. The third-order valence-electron chi connectivity index (χ3n) is 8.04. The van der Waals surface area contributed by atoms with Crippen LogP contribution in [0.2, 0.25) is 0 Å². The Hall–Kier alpha value is -4.19. The van der Waals surface area contributed by atoms with Gasteiger partial charge >= 0.3 is 5.97 Å². The number of thioether (sulfide) groups is 1. The van der Waals surface area contributed by atoms with Gasteiger partial charge in [-0.05, 0) is 90.9 Å². The van der Waals surface area contributed by atoms with Crippen molar-refractivity contribution in [2.24, 2.45) is 11.3 Å². The second-order valence-corrected chi connectivity index (χ2v) is 15.6. The van der Waals surface area contributed by atoms with Crippen molar-refractivity contribution >= 4 is 74.9 Å². The molecule has 11 heteroatoms. The summed E-state index contributed by atoms with van der Waals surface area (Å²) in [5, 5.41) is 11.0. The van der Waals surface area contributed by atoms with Gasteiger partial charge in [0.25, 0.3) is 11.8 Å². The van der Waals surface area contributed by atoms with E-state index in [1.54, 1.807) is 55.5 Å². The zero-order chi connectivity index (χ0) is 34.3. The van der Waals surface area contributed by atoms with E-state index in [1.807, 2.05) is 29.6 Å². The Morgan fingerprint density at radius 2 is 1.79 bits per heavy atom. The Labute approximate surface area is 293 Å². The molecule has 1 aliphatic carbocycles. The number of rotatable bonds is 11. The van der Waals surface area contributed by atoms with Gasteiger partial charge in [0.2, 0.25) is 5.91 Å². The normalized spacial score (nSPS) is 14.5. The fourth-order valence-electron chi connectivity index (χ4n) is 5.46. The van der Waals surface area contributed by atoms with Gasteiger partial charge in [0, 0.05) is 25.9 Å². The molecule has 2 aromatic carbocycles. The largest absolute Gasteiger partial charge is 0.462 e. The summed E-state index contributed by atoms with van der Waals surface area (Å²) in [6.07, 6.45) is 4.28. The number of hydrogen-bond acceptors (Lipinski definition) is 8. The van der Waals surface area contributed by atoms with E-state index in [0.29, 0.717) is 27.7 Å². The van der Waals surface area contributed by atoms with Crippen LogP contribution in [-0.2, 0) is 27.2 Å². The smallest absolute Gasteiger partial charge is 0.341 e. The van der Waals surface area contributed by atoms with Gasteiger partial charge in [-0.15, -0.1) is 34.4 Å². The number of benzene rings is 2. The number of ether oxygens (including phenoxy) is 1. The average molecular weight is 702 g/mol. The first-order valence-corrected chi connectivity index (χ1v) is 18.5. The molecule has 5 rings (SSSR count). The van der Waals surface area contributed by atoms with E-state index in [4.69, 9.17) is 4.74 Å². The molecule has 0 bridgehead atoms. The van der Waals surface area contributed by atoms with Gasteiger partial charge in [-0.25, -0.2) is 4.79 Å². The van der Waals surface area contributed by atoms with Gasteiger partial charge in [-0.1, -0.05) is 51.1 Å². The predicted octanol–water partition coefficient (Wildman–Crippen LogP) is 8.28. The molecule has 0 spiro atoms. The zero-order valence-corrected chi connectivity index (χ0v) is 29.8. The average Bonchev–Trinajstić information content (AvgIpc) is 3.71. The molecule has 4 aromatic rings. The number of carbonyl (C=O) groups is 4. The molecule has 2 aromatic heterocycles. The first kappa shape index (κ1) is 35.1. The minimum absolute atomic E-state index is 0.101. The van der Waals surface area contributed by atoms with Crippen LogP contribution in [0.25, 0.3) is 6.08 Å². The Bertz CT molecular complexity index is 1810. The van der Waals surface area contributed by atoms with Crippen LogP contribution in [-0.4, -0.2) is 36.1 Å². The summed E-state index contributed by atoms with van der Waals surface area (Å²) in [4.78, 5) is 55.2. The third-order valence-corrected chi connectivity index (χ3v) is 11.0. The van der Waals surface area contributed by atoms with Gasteiger partial charge < -0.3 is 20.7 Å². The van der Waals surface area contributed by atoms with Crippen molar-refractivity contribution < 1.29 is 23.9 Å². The molecule has 0 saturated carbocycles. The van der Waals surface area contributed by atoms with Gasteiger partial charge in [0.05, 0.1) is 17.9 Å². The topological polar surface area (TPSA) is 114 Å². The van der Waals surface area contributed by atoms with Crippen LogP contribution in [0.15, 0.2) is 82.7 Å². The Morgan fingerprint density at radius 3 is 2.50 bits per heavy atom. The molecule has 1 aliphatic rings. The van der Waals surface area contributed by atoms with Crippen molar-refractivity contribution in [2.75, 3.05) is 23.0 Å². The summed E-state index contributed by atoms with van der Waals surface area (Å²) in [6.45, 7) is 8.77. The lowest BCUT2D eigenvalue weighted by atomic mass is 9.72. The predicted molar refractivity (Wildman–Crippen MR) is 196 cm³/mol. The summed E-state index contributed by atoms with van der Waals surface area (Å²) in [5.41, 5.74) is 2.69. The highest BCUT2D eigenvalue weighted by atomic mass is 32.2. The summed E-state index contributed by atoms with van der Waals surface area (Å²) in [6, 6.07) is 19.6. The summed E-state index contributed by atoms with van der Waals surface area (Å²) >= 11 is 4.24. The van der Waals surface area contributed by atoms with E-state index in [-0.39, 0.29) is 29.4 Å². The lowest BCUT2D eigenvalue weighted by molar-refractivity contribution is -0.114. The molecule has 0 saturated heterocycles. The van der Waals surface area contributed by atoms with Gasteiger partial charge in [0.15, 0.2) is 0 Å². The zero-order valence-electron chi connectivity index (χ0n) is 27.4. The van der Waals surface area contributed by atoms with Crippen molar-refractivity contribution in [3.05, 3.63) is 104 Å². The Balaban J connectivity index is 1.25. The molecule has 250 valence electrons. The maximum absolute atomic E-state index is 13.4. The van der Waals surface area contributed by atoms with Gasteiger partial charge in [-0.2, -0.15) is 0 Å². The number of nitrogens with one attached hydrogen (secondary N) is 3. The summed E-state index contributed by atoms with van der Waals surface area (Å²) in [5.74, 6) is -0.916. The second kappa shape index (κ2) is 15.8. The highest BCUT2D eigenvalue weighted by Gasteiger charge is 2.34. The first-order chi connectivity index (χ1) is 23.0. The number of carbonyl (C=O) groups excluding carboxylic acids is 4. The number of amides is 3. The number of esters is 1. The Kier molecular flexibility index (Phi) is 11.6. The maximum Gasteiger partial charge on any atom is 0.341 e. The maximum atomic E-state index is 13.4. The van der Waals surface area contributed by atoms with E-state index >= 15 is 0 Å². The minimum Gasteiger partial charge on any atom is -0.462 e. The molecule has 8 nitrogen and oxygen atoms in total. The van der Waals surface area contributed by atoms with Crippen molar-refractivity contribution in [3.63, 3.8) is 0 Å². The van der Waals surface area contributed by atoms with E-state index in [2.05, 4.69) is 36.7 Å². The first-order valence-electron chi connectivity index (χ1n) is 15.8. The van der Waals surface area contributed by atoms with Crippen LogP contribution in [0.4, 0.5) is 10.7 Å². The number of thiophene rings is 2. The fraction of sp³-hybridized carbons (Fsp3) is 0.297. The van der Waals surface area contributed by atoms with Gasteiger partial charge in [0.1, 0.15) is 10.7 Å². The van der Waals surface area contributed by atoms with Crippen LogP contribution >= 0.6 is 34.4 Å². The lowest BCUT2D eigenvalue weighted by Crippen LogP contribution is -2.30. The quantitative estimate of drug-likeness (QED) is 0.0824. The summed E-state index contributed by atoms with van der Waals surface area (Å²) in [7, 11) is 0. The van der Waals surface area contributed by atoms with E-state index in [0.717, 1.165) is 39.5 Å². The van der Waals surface area contributed by atoms with E-state index in [1.165, 1.54) is 34.4 Å². The molecular weight excluding hydrogens is 663 g/mol. The van der Waals surface area contributed by atoms with Crippen LogP contribution in [0.3, 0.4) is 0 Å². The second-order valence-electron chi connectivity index (χ2n) is 12.4. The molecule has 48 heavy (non-hydrogen) atoms. The van der Waals surface area contributed by atoms with Crippen LogP contribution in [0.1, 0.15) is 70.1 Å². The molecule has 1 unspecified atom stereocenters. The van der Waals surface area contributed by atoms with Gasteiger partial charge in [-0.3, -0.25) is 14.4 Å². The SMILES string of the molecule is CCOC(=O)c1c(NC(=O)CSc2cccc(NC(=O)/C(=C/c3cccs3)NC(=O)c3ccccc3)c2)sc2c1CCC(C(C)(C)C)C2. The van der Waals surface area contributed by atoms with Crippen molar-refractivity contribution in [1.29, 1.82) is 0 Å². The molecule has 0 fully saturated rings. The third kappa shape index (κ3) is 9.03. The minimum atomic E-state index is -0.477. The van der Waals surface area contributed by atoms with Crippen LogP contribution < -0.4 is 16.0 Å². The lowest BCUT2D eigenvalue weighted by Gasteiger charge is -2.33. The molecule has 3 N–H and O–H groups in total. The molecule has 2 heterocycles. The molecule has 0 radical (unpaired) electrons. The standard InChI is InChI=1S/C37H39N3O5S3/c1-5-45-36(44)32-28-17-16-24(37(2,3)4)19-30(28)48-35(32)40-31(41)22-47-26-14-9-13-25(20-26)38-34(43)29(21-27-15-10-18-46-27)39-33(42)23-11-7-6-8-12-23/h6-15,18,20-21,24H,5,16-17,19,22H2,1-4H3,(H,38,43)(H,39,42)(H,40,41)/b29-21-. The number of hydrogen-bond donors (Lipinski definition) is 3. The molecule has 0 aliphatic heterocycles. The fourth-order valence-corrected chi connectivity index (χ4v) is 8.21. The number of anilines is 2. The van der Waals surface area contributed by atoms with Crippen LogP contribution in [0.5, 0.6) is 0 Å². The summed E-state index contributed by atoms with van der Waals surface area (Å²) < 4.78 is 5.38. The van der Waals surface area contributed by atoms with Crippen LogP contribution in [0, 0.1) is 11.3 Å². The van der Waals surface area contributed by atoms with E-state index < -0.39 is 17.8 Å². The van der Waals surface area contributed by atoms with E-state index in [9.17, 15) is 19.2 Å². The Morgan fingerprint density at radius 1 is 1.00 bits per heavy atom. The van der Waals surface area contributed by atoms with Crippen molar-refractivity contribution in [1.82, 2.24) is 5.32 Å². The molecule has 1 atom stereocenters. The highest BCUT2D eigenvalue weighted by molar-refractivity contribution is 8.00. The van der Waals surface area contributed by atoms with Crippen molar-refractivity contribution in [2.45, 2.75) is 51.9 Å². The monoisotopic (exact) mass is 701 g/mol. The number of fused-ring (bicyclic) bond motifs is 1.